The summed E-state index contributed by atoms with van der Waals surface area (Å²) < 4.78 is 5.64. The first-order valence-electron chi connectivity index (χ1n) is 7.30. The van der Waals surface area contributed by atoms with Crippen molar-refractivity contribution >= 4 is 22.7 Å². The average Bonchev–Trinajstić information content (AvgIpc) is 2.46. The predicted octanol–water partition coefficient (Wildman–Crippen LogP) is 3.51. The molecule has 0 unspecified atom stereocenters. The Morgan fingerprint density at radius 3 is 2.67 bits per heavy atom. The molecule has 4 nitrogen and oxygen atoms in total. The summed E-state index contributed by atoms with van der Waals surface area (Å²) in [5.74, 6) is 1.63. The van der Waals surface area contributed by atoms with E-state index in [1.165, 1.54) is 0 Å². The predicted molar refractivity (Wildman–Crippen MR) is 90.6 cm³/mol. The number of aliphatic imine (C=N–C) groups is 1. The van der Waals surface area contributed by atoms with Gasteiger partial charge in [-0.25, -0.2) is 0 Å². The van der Waals surface area contributed by atoms with Gasteiger partial charge in [0.1, 0.15) is 5.75 Å². The van der Waals surface area contributed by atoms with Crippen LogP contribution >= 0.6 is 11.8 Å². The van der Waals surface area contributed by atoms with Crippen molar-refractivity contribution < 1.29 is 9.53 Å². The fourth-order valence-electron chi connectivity index (χ4n) is 1.80. The highest BCUT2D eigenvalue weighted by molar-refractivity contribution is 8.13. The lowest BCUT2D eigenvalue weighted by Gasteiger charge is -2.12. The number of thioether (sulfide) groups is 1. The minimum absolute atomic E-state index is 0.0680. The van der Waals surface area contributed by atoms with Crippen molar-refractivity contribution in [1.29, 1.82) is 0 Å². The molecule has 1 aromatic carbocycles. The molecule has 0 aliphatic carbocycles. The van der Waals surface area contributed by atoms with Crippen LogP contribution in [0.3, 0.4) is 0 Å². The Balaban J connectivity index is 2.90. The standard InChI is InChI=1S/C16H24N2O2S/c1-5-17-16(18-6-2)21-11-14-10-13(12(4)19)8-9-15(14)20-7-3/h8-10H,5-7,11H2,1-4H3,(H,17,18). The second kappa shape index (κ2) is 9.45. The molecule has 0 aromatic heterocycles. The number of hydrogen-bond acceptors (Lipinski definition) is 4. The molecule has 0 saturated carbocycles. The van der Waals surface area contributed by atoms with E-state index < -0.39 is 0 Å². The van der Waals surface area contributed by atoms with E-state index in [-0.39, 0.29) is 5.78 Å². The summed E-state index contributed by atoms with van der Waals surface area (Å²) in [6, 6.07) is 5.60. The highest BCUT2D eigenvalue weighted by Crippen LogP contribution is 2.25. The van der Waals surface area contributed by atoms with E-state index in [1.54, 1.807) is 18.7 Å². The second-order valence-electron chi connectivity index (χ2n) is 4.41. The van der Waals surface area contributed by atoms with Crippen LogP contribution in [-0.2, 0) is 5.75 Å². The van der Waals surface area contributed by atoms with Crippen LogP contribution in [0.4, 0.5) is 0 Å². The Labute approximate surface area is 131 Å². The molecule has 1 N–H and O–H groups in total. The molecule has 1 aromatic rings. The van der Waals surface area contributed by atoms with E-state index >= 15 is 0 Å². The van der Waals surface area contributed by atoms with Crippen LogP contribution in [0.2, 0.25) is 0 Å². The fraction of sp³-hybridized carbons (Fsp3) is 0.500. The molecule has 1 rings (SSSR count). The number of nitrogens with zero attached hydrogens (tertiary/aromatic N) is 1. The lowest BCUT2D eigenvalue weighted by Crippen LogP contribution is -2.20. The molecule has 116 valence electrons. The Hall–Kier alpha value is -1.49. The molecule has 0 aliphatic heterocycles. The van der Waals surface area contributed by atoms with Crippen molar-refractivity contribution in [3.63, 3.8) is 0 Å². The highest BCUT2D eigenvalue weighted by atomic mass is 32.2. The number of hydrogen-bond donors (Lipinski definition) is 1. The molecular weight excluding hydrogens is 284 g/mol. The number of carbonyl (C=O) groups is 1. The van der Waals surface area contributed by atoms with Crippen LogP contribution in [0, 0.1) is 0 Å². The summed E-state index contributed by atoms with van der Waals surface area (Å²) in [6.45, 7) is 9.81. The normalized spacial score (nSPS) is 11.3. The van der Waals surface area contributed by atoms with Crippen LogP contribution in [-0.4, -0.2) is 30.6 Å². The Kier molecular flexibility index (Phi) is 7.90. The maximum absolute atomic E-state index is 11.5. The number of Topliss-reactive ketones (excluding diaryl/α,β-unsaturated/α-hetero) is 1. The molecule has 0 aliphatic rings. The van der Waals surface area contributed by atoms with Crippen LogP contribution < -0.4 is 10.1 Å². The zero-order valence-corrected chi connectivity index (χ0v) is 14.0. The molecule has 0 radical (unpaired) electrons. The number of ketones is 1. The van der Waals surface area contributed by atoms with Gasteiger partial charge in [0, 0.05) is 30.0 Å². The topological polar surface area (TPSA) is 50.7 Å². The van der Waals surface area contributed by atoms with Crippen molar-refractivity contribution in [3.8, 4) is 5.75 Å². The van der Waals surface area contributed by atoms with Crippen LogP contribution in [0.1, 0.15) is 43.6 Å². The van der Waals surface area contributed by atoms with Gasteiger partial charge in [-0.3, -0.25) is 9.79 Å². The second-order valence-corrected chi connectivity index (χ2v) is 5.37. The zero-order valence-electron chi connectivity index (χ0n) is 13.2. The van der Waals surface area contributed by atoms with E-state index in [9.17, 15) is 4.79 Å². The summed E-state index contributed by atoms with van der Waals surface area (Å²) in [5.41, 5.74) is 1.74. The molecule has 0 heterocycles. The quantitative estimate of drug-likeness (QED) is 0.476. The van der Waals surface area contributed by atoms with Crippen molar-refractivity contribution in [2.45, 2.75) is 33.4 Å². The molecular formula is C16H24N2O2S. The smallest absolute Gasteiger partial charge is 0.159 e. The van der Waals surface area contributed by atoms with Crippen molar-refractivity contribution in [1.82, 2.24) is 5.32 Å². The Morgan fingerprint density at radius 2 is 2.10 bits per heavy atom. The summed E-state index contributed by atoms with van der Waals surface area (Å²) in [4.78, 5) is 15.9. The molecule has 0 bridgehead atoms. The SMILES string of the molecule is CCN=C(NCC)SCc1cc(C(C)=O)ccc1OCC. The van der Waals surface area contributed by atoms with E-state index in [1.807, 2.05) is 39.0 Å². The largest absolute Gasteiger partial charge is 0.494 e. The molecule has 5 heteroatoms. The van der Waals surface area contributed by atoms with Crippen molar-refractivity contribution in [3.05, 3.63) is 29.3 Å². The number of benzene rings is 1. The van der Waals surface area contributed by atoms with Gasteiger partial charge in [0.15, 0.2) is 11.0 Å². The third-order valence-electron chi connectivity index (χ3n) is 2.76. The molecule has 0 atom stereocenters. The fourth-order valence-corrected chi connectivity index (χ4v) is 2.79. The van der Waals surface area contributed by atoms with Crippen molar-refractivity contribution in [2.24, 2.45) is 4.99 Å². The van der Waals surface area contributed by atoms with Gasteiger partial charge >= 0.3 is 0 Å². The van der Waals surface area contributed by atoms with Gasteiger partial charge in [-0.05, 0) is 45.9 Å². The lowest BCUT2D eigenvalue weighted by molar-refractivity contribution is 0.101. The van der Waals surface area contributed by atoms with Gasteiger partial charge < -0.3 is 10.1 Å². The van der Waals surface area contributed by atoms with Gasteiger partial charge in [-0.2, -0.15) is 0 Å². The summed E-state index contributed by atoms with van der Waals surface area (Å²) in [6.07, 6.45) is 0. The minimum atomic E-state index is 0.0680. The van der Waals surface area contributed by atoms with Crippen molar-refractivity contribution in [2.75, 3.05) is 19.7 Å². The van der Waals surface area contributed by atoms with Crippen LogP contribution in [0.25, 0.3) is 0 Å². The third kappa shape index (κ3) is 5.79. The van der Waals surface area contributed by atoms with Crippen LogP contribution in [0.5, 0.6) is 5.75 Å². The van der Waals surface area contributed by atoms with Crippen LogP contribution in [0.15, 0.2) is 23.2 Å². The van der Waals surface area contributed by atoms with E-state index in [0.717, 1.165) is 35.3 Å². The molecule has 0 amide bonds. The molecule has 0 fully saturated rings. The zero-order chi connectivity index (χ0) is 15.7. The summed E-state index contributed by atoms with van der Waals surface area (Å²) in [7, 11) is 0. The maximum Gasteiger partial charge on any atom is 0.159 e. The monoisotopic (exact) mass is 308 g/mol. The molecule has 21 heavy (non-hydrogen) atoms. The lowest BCUT2D eigenvalue weighted by atomic mass is 10.1. The third-order valence-corrected chi connectivity index (χ3v) is 3.76. The average molecular weight is 308 g/mol. The van der Waals surface area contributed by atoms with Gasteiger partial charge in [-0.1, -0.05) is 11.8 Å². The molecule has 0 saturated heterocycles. The summed E-state index contributed by atoms with van der Waals surface area (Å²) >= 11 is 1.63. The van der Waals surface area contributed by atoms with E-state index in [4.69, 9.17) is 4.74 Å². The van der Waals surface area contributed by atoms with E-state index in [2.05, 4.69) is 10.3 Å². The molecule has 0 spiro atoms. The number of amidine groups is 1. The van der Waals surface area contributed by atoms with Gasteiger partial charge in [-0.15, -0.1) is 0 Å². The van der Waals surface area contributed by atoms with Gasteiger partial charge in [0.25, 0.3) is 0 Å². The number of carbonyl (C=O) groups excluding carboxylic acids is 1. The summed E-state index contributed by atoms with van der Waals surface area (Å²) in [5, 5.41) is 4.17. The first-order chi connectivity index (χ1) is 10.1. The van der Waals surface area contributed by atoms with Gasteiger partial charge in [0.2, 0.25) is 0 Å². The number of ether oxygens (including phenoxy) is 1. The Morgan fingerprint density at radius 1 is 1.33 bits per heavy atom. The van der Waals surface area contributed by atoms with Gasteiger partial charge in [0.05, 0.1) is 6.61 Å². The first kappa shape index (κ1) is 17.6. The number of rotatable bonds is 7. The first-order valence-corrected chi connectivity index (χ1v) is 8.28. The Bertz CT molecular complexity index is 501. The minimum Gasteiger partial charge on any atom is -0.494 e. The maximum atomic E-state index is 11.5. The highest BCUT2D eigenvalue weighted by Gasteiger charge is 2.09. The number of nitrogens with one attached hydrogen (secondary N) is 1. The van der Waals surface area contributed by atoms with E-state index in [0.29, 0.717) is 12.2 Å².